The van der Waals surface area contributed by atoms with E-state index in [1.54, 1.807) is 0 Å². The lowest BCUT2D eigenvalue weighted by Crippen LogP contribution is -2.34. The monoisotopic (exact) mass is 674 g/mol. The van der Waals surface area contributed by atoms with Crippen molar-refractivity contribution in [2.75, 3.05) is 38.0 Å². The molecule has 0 unspecified atom stereocenters. The summed E-state index contributed by atoms with van der Waals surface area (Å²) in [5, 5.41) is 2.62. The lowest BCUT2D eigenvalue weighted by atomic mass is 10.1. The number of para-hydroxylation sites is 2. The molecule has 0 spiro atoms. The molecule has 0 radical (unpaired) electrons. The van der Waals surface area contributed by atoms with E-state index in [9.17, 15) is 0 Å². The van der Waals surface area contributed by atoms with Crippen molar-refractivity contribution in [3.05, 3.63) is 144 Å². The molecule has 0 aliphatic heterocycles. The molecule has 2 heterocycles. The van der Waals surface area contributed by atoms with Crippen molar-refractivity contribution in [1.29, 1.82) is 0 Å². The third-order valence-corrected chi connectivity index (χ3v) is 9.94. The highest BCUT2D eigenvalue weighted by molar-refractivity contribution is 5.89. The van der Waals surface area contributed by atoms with Crippen LogP contribution in [-0.4, -0.2) is 28.2 Å². The largest absolute Gasteiger partial charge is 0.378 e. The Morgan fingerprint density at radius 1 is 0.412 bits per heavy atom. The first-order valence-electron chi connectivity index (χ1n) is 18.7. The van der Waals surface area contributed by atoms with Gasteiger partial charge < -0.3 is 9.80 Å². The van der Waals surface area contributed by atoms with Gasteiger partial charge in [0.25, 0.3) is 0 Å². The average molecular weight is 675 g/mol. The van der Waals surface area contributed by atoms with Crippen LogP contribution in [0.4, 0.5) is 11.4 Å². The molecule has 6 aromatic rings. The Balaban J connectivity index is 0.941. The van der Waals surface area contributed by atoms with E-state index in [4.69, 9.17) is 0 Å². The molecule has 0 amide bonds. The lowest BCUT2D eigenvalue weighted by molar-refractivity contribution is -0.672. The van der Waals surface area contributed by atoms with E-state index in [0.29, 0.717) is 0 Å². The molecule has 0 saturated heterocycles. The van der Waals surface area contributed by atoms with Crippen molar-refractivity contribution in [2.24, 2.45) is 0 Å². The molecular formula is C47H54N4+2. The van der Waals surface area contributed by atoms with Crippen molar-refractivity contribution in [1.82, 2.24) is 0 Å². The fraction of sp³-hybridized carbons (Fsp3) is 0.277. The van der Waals surface area contributed by atoms with Gasteiger partial charge in [-0.25, -0.2) is 0 Å². The molecule has 4 heteroatoms. The van der Waals surface area contributed by atoms with Gasteiger partial charge >= 0.3 is 0 Å². The number of benzene rings is 4. The smallest absolute Gasteiger partial charge is 0.213 e. The minimum atomic E-state index is 1.06. The molecule has 0 bridgehead atoms. The Hall–Kier alpha value is -5.22. The lowest BCUT2D eigenvalue weighted by Gasteiger charge is -2.11. The van der Waals surface area contributed by atoms with Gasteiger partial charge in [0.15, 0.2) is 12.4 Å². The summed E-state index contributed by atoms with van der Waals surface area (Å²) in [6.45, 7) is 2.13. The maximum absolute atomic E-state index is 2.43. The number of rotatable bonds is 16. The van der Waals surface area contributed by atoms with E-state index in [0.717, 1.165) is 13.1 Å². The average Bonchev–Trinajstić information content (AvgIpc) is 3.16. The number of unbranched alkanes of at least 4 members (excludes halogenated alkanes) is 6. The minimum Gasteiger partial charge on any atom is -0.378 e. The van der Waals surface area contributed by atoms with Gasteiger partial charge in [-0.05, 0) is 71.5 Å². The van der Waals surface area contributed by atoms with E-state index in [-0.39, 0.29) is 0 Å². The van der Waals surface area contributed by atoms with Gasteiger partial charge in [-0.1, -0.05) is 92.1 Å². The van der Waals surface area contributed by atoms with Gasteiger partial charge in [-0.15, -0.1) is 0 Å². The van der Waals surface area contributed by atoms with Crippen LogP contribution in [0.5, 0.6) is 0 Å². The second-order valence-electron chi connectivity index (χ2n) is 14.1. The summed E-state index contributed by atoms with van der Waals surface area (Å²) in [5.41, 5.74) is 10.0. The van der Waals surface area contributed by atoms with E-state index in [1.165, 1.54) is 100 Å². The molecule has 4 nitrogen and oxygen atoms in total. The summed E-state index contributed by atoms with van der Waals surface area (Å²) in [7, 11) is 8.30. The zero-order valence-electron chi connectivity index (χ0n) is 31.0. The van der Waals surface area contributed by atoms with Gasteiger partial charge in [0, 0.05) is 76.7 Å². The van der Waals surface area contributed by atoms with Crippen LogP contribution < -0.4 is 18.9 Å². The summed E-state index contributed by atoms with van der Waals surface area (Å²) in [5.74, 6) is 0. The quantitative estimate of drug-likeness (QED) is 0.0749. The van der Waals surface area contributed by atoms with Crippen molar-refractivity contribution in [3.8, 4) is 0 Å². The van der Waals surface area contributed by atoms with Crippen molar-refractivity contribution >= 4 is 57.5 Å². The highest BCUT2D eigenvalue weighted by atomic mass is 15.1. The summed E-state index contributed by atoms with van der Waals surface area (Å²) in [6, 6.07) is 39.6. The van der Waals surface area contributed by atoms with Crippen molar-refractivity contribution < 1.29 is 9.13 Å². The van der Waals surface area contributed by atoms with Crippen molar-refractivity contribution in [2.45, 2.75) is 58.0 Å². The zero-order chi connectivity index (χ0) is 35.4. The summed E-state index contributed by atoms with van der Waals surface area (Å²) in [6.07, 6.45) is 22.4. The Morgan fingerprint density at radius 2 is 0.784 bits per heavy atom. The summed E-state index contributed by atoms with van der Waals surface area (Å²) in [4.78, 5) is 4.26. The highest BCUT2D eigenvalue weighted by Crippen LogP contribution is 2.22. The molecule has 6 rings (SSSR count). The van der Waals surface area contributed by atoms with Gasteiger partial charge in [0.05, 0.1) is 10.8 Å². The van der Waals surface area contributed by atoms with Crippen molar-refractivity contribution in [3.63, 3.8) is 0 Å². The van der Waals surface area contributed by atoms with Gasteiger partial charge in [0.2, 0.25) is 11.0 Å². The maximum atomic E-state index is 2.43. The second-order valence-corrected chi connectivity index (χ2v) is 14.1. The van der Waals surface area contributed by atoms with Crippen LogP contribution in [0.15, 0.2) is 122 Å². The zero-order valence-corrected chi connectivity index (χ0v) is 31.0. The molecule has 4 aromatic carbocycles. The molecule has 0 saturated carbocycles. The molecule has 0 N–H and O–H groups in total. The maximum Gasteiger partial charge on any atom is 0.213 e. The predicted octanol–water partition coefficient (Wildman–Crippen LogP) is 10.5. The summed E-state index contributed by atoms with van der Waals surface area (Å²) >= 11 is 0. The van der Waals surface area contributed by atoms with Crippen LogP contribution in [0, 0.1) is 0 Å². The van der Waals surface area contributed by atoms with Crippen LogP contribution >= 0.6 is 0 Å². The van der Waals surface area contributed by atoms with E-state index in [2.05, 4.69) is 193 Å². The number of aromatic nitrogens is 2. The SMILES string of the molecule is CN(C)c1ccc(/C=C/c2cc[n+](CCCCCCCCC[n+]3ccc(/C=C/c4ccc(N(C)C)cc4)c4ccccc43)c3ccccc23)cc1. The van der Waals surface area contributed by atoms with Crippen LogP contribution in [0.3, 0.4) is 0 Å². The third kappa shape index (κ3) is 9.52. The van der Waals surface area contributed by atoms with Crippen LogP contribution in [0.1, 0.15) is 67.2 Å². The Morgan fingerprint density at radius 3 is 1.18 bits per heavy atom. The number of fused-ring (bicyclic) bond motifs is 2. The number of aryl methyl sites for hydroxylation is 2. The van der Waals surface area contributed by atoms with Crippen LogP contribution in [0.25, 0.3) is 46.1 Å². The number of hydrogen-bond donors (Lipinski definition) is 0. The highest BCUT2D eigenvalue weighted by Gasteiger charge is 2.12. The summed E-state index contributed by atoms with van der Waals surface area (Å²) < 4.78 is 4.87. The third-order valence-electron chi connectivity index (χ3n) is 9.94. The molecule has 2 aromatic heterocycles. The Bertz CT molecular complexity index is 1920. The van der Waals surface area contributed by atoms with E-state index in [1.807, 2.05) is 0 Å². The van der Waals surface area contributed by atoms with E-state index < -0.39 is 0 Å². The van der Waals surface area contributed by atoms with Gasteiger partial charge in [-0.3, -0.25) is 0 Å². The molecular weight excluding hydrogens is 621 g/mol. The molecule has 0 aliphatic rings. The first-order valence-corrected chi connectivity index (χ1v) is 18.7. The number of pyridine rings is 2. The minimum absolute atomic E-state index is 1.06. The number of anilines is 2. The first kappa shape index (κ1) is 35.6. The normalized spacial score (nSPS) is 11.7. The number of hydrogen-bond acceptors (Lipinski definition) is 2. The first-order chi connectivity index (χ1) is 25.0. The molecule has 0 atom stereocenters. The van der Waals surface area contributed by atoms with Crippen LogP contribution in [-0.2, 0) is 13.1 Å². The number of nitrogens with zero attached hydrogens (tertiary/aromatic N) is 4. The fourth-order valence-corrected chi connectivity index (χ4v) is 6.89. The topological polar surface area (TPSA) is 14.2 Å². The van der Waals surface area contributed by atoms with Crippen LogP contribution in [0.2, 0.25) is 0 Å². The standard InChI is InChI=1S/C47H54N4/c1-48(2)42-28-22-38(23-29-42)20-26-40-32-36-50(46-18-12-10-16-44(40)46)34-14-8-6-5-7-9-15-35-51-37-33-41(45-17-11-13-19-47(45)51)27-21-39-24-30-43(31-25-39)49(3)4/h10-13,16-33,36-37H,5-9,14-15,34-35H2,1-4H3/q+2. The van der Waals surface area contributed by atoms with Gasteiger partial charge in [0.1, 0.15) is 13.1 Å². The molecule has 0 fully saturated rings. The van der Waals surface area contributed by atoms with Gasteiger partial charge in [-0.2, -0.15) is 9.13 Å². The Kier molecular flexibility index (Phi) is 12.3. The second kappa shape index (κ2) is 17.6. The fourth-order valence-electron chi connectivity index (χ4n) is 6.89. The molecule has 51 heavy (non-hydrogen) atoms. The predicted molar refractivity (Wildman–Crippen MR) is 220 cm³/mol. The van der Waals surface area contributed by atoms with E-state index >= 15 is 0 Å². The molecule has 260 valence electrons. The molecule has 0 aliphatic carbocycles. The Labute approximate surface area is 305 Å².